The molecule has 0 radical (unpaired) electrons. The van der Waals surface area contributed by atoms with E-state index in [1.165, 1.54) is 0 Å². The Hall–Kier alpha value is -2.43. The molecule has 3 nitrogen and oxygen atoms in total. The van der Waals surface area contributed by atoms with E-state index in [-0.39, 0.29) is 10.9 Å². The smallest absolute Gasteiger partial charge is 0.207 e. The SMILES string of the molecule is O=S(=O)(NC1c2ccccc2-c2ccccc21)c1ccccc1. The Balaban J connectivity index is 1.81. The fourth-order valence-corrected chi connectivity index (χ4v) is 4.32. The fraction of sp³-hybridized carbons (Fsp3) is 0.0526. The highest BCUT2D eigenvalue weighted by atomic mass is 32.2. The lowest BCUT2D eigenvalue weighted by molar-refractivity contribution is 0.573. The largest absolute Gasteiger partial charge is 0.241 e. The molecular formula is C19H15NO2S. The Morgan fingerprint density at radius 2 is 1.13 bits per heavy atom. The van der Waals surface area contributed by atoms with Gasteiger partial charge in [-0.15, -0.1) is 0 Å². The maximum Gasteiger partial charge on any atom is 0.241 e. The fourth-order valence-electron chi connectivity index (χ4n) is 3.11. The summed E-state index contributed by atoms with van der Waals surface area (Å²) >= 11 is 0. The van der Waals surface area contributed by atoms with Gasteiger partial charge in [-0.1, -0.05) is 66.7 Å². The van der Waals surface area contributed by atoms with E-state index >= 15 is 0 Å². The Kier molecular flexibility index (Phi) is 3.29. The van der Waals surface area contributed by atoms with Crippen LogP contribution in [0.5, 0.6) is 0 Å². The van der Waals surface area contributed by atoms with E-state index in [0.717, 1.165) is 22.3 Å². The van der Waals surface area contributed by atoms with Gasteiger partial charge in [0.05, 0.1) is 10.9 Å². The molecule has 0 fully saturated rings. The predicted octanol–water partition coefficient (Wildman–Crippen LogP) is 3.73. The van der Waals surface area contributed by atoms with E-state index in [2.05, 4.69) is 4.72 Å². The molecule has 0 aliphatic heterocycles. The maximum absolute atomic E-state index is 12.7. The van der Waals surface area contributed by atoms with Crippen LogP contribution in [0.1, 0.15) is 17.2 Å². The van der Waals surface area contributed by atoms with Gasteiger partial charge in [-0.05, 0) is 34.4 Å². The molecule has 0 saturated heterocycles. The molecule has 23 heavy (non-hydrogen) atoms. The Morgan fingerprint density at radius 3 is 1.70 bits per heavy atom. The summed E-state index contributed by atoms with van der Waals surface area (Å²) < 4.78 is 28.2. The second-order valence-electron chi connectivity index (χ2n) is 5.54. The topological polar surface area (TPSA) is 46.2 Å². The molecular weight excluding hydrogens is 306 g/mol. The van der Waals surface area contributed by atoms with Crippen molar-refractivity contribution in [1.29, 1.82) is 0 Å². The van der Waals surface area contributed by atoms with E-state index < -0.39 is 10.0 Å². The molecule has 4 rings (SSSR count). The molecule has 1 aliphatic rings. The number of fused-ring (bicyclic) bond motifs is 3. The Labute approximate surface area is 135 Å². The zero-order valence-corrected chi connectivity index (χ0v) is 13.1. The lowest BCUT2D eigenvalue weighted by atomic mass is 10.1. The van der Waals surface area contributed by atoms with Gasteiger partial charge in [0, 0.05) is 0 Å². The summed E-state index contributed by atoms with van der Waals surface area (Å²) in [6.45, 7) is 0. The average Bonchev–Trinajstić information content (AvgIpc) is 2.90. The van der Waals surface area contributed by atoms with Crippen molar-refractivity contribution in [3.63, 3.8) is 0 Å². The van der Waals surface area contributed by atoms with Crippen LogP contribution in [0, 0.1) is 0 Å². The van der Waals surface area contributed by atoms with Crippen molar-refractivity contribution in [3.8, 4) is 11.1 Å². The lowest BCUT2D eigenvalue weighted by Crippen LogP contribution is -2.28. The first-order valence-corrected chi connectivity index (χ1v) is 8.91. The summed E-state index contributed by atoms with van der Waals surface area (Å²) in [5.74, 6) is 0. The van der Waals surface area contributed by atoms with Crippen LogP contribution in [0.4, 0.5) is 0 Å². The van der Waals surface area contributed by atoms with Gasteiger partial charge in [0.1, 0.15) is 0 Å². The van der Waals surface area contributed by atoms with Gasteiger partial charge in [-0.25, -0.2) is 8.42 Å². The van der Waals surface area contributed by atoms with Crippen LogP contribution >= 0.6 is 0 Å². The predicted molar refractivity (Wildman–Crippen MR) is 90.5 cm³/mol. The number of hydrogen-bond donors (Lipinski definition) is 1. The minimum absolute atomic E-state index is 0.280. The Bertz CT molecular complexity index is 920. The van der Waals surface area contributed by atoms with Gasteiger partial charge >= 0.3 is 0 Å². The zero-order valence-electron chi connectivity index (χ0n) is 12.3. The number of rotatable bonds is 3. The van der Waals surface area contributed by atoms with Crippen LogP contribution in [-0.4, -0.2) is 8.42 Å². The molecule has 4 heteroatoms. The molecule has 0 unspecified atom stereocenters. The monoisotopic (exact) mass is 321 g/mol. The number of benzene rings is 3. The molecule has 3 aromatic rings. The van der Waals surface area contributed by atoms with Gasteiger partial charge in [0.25, 0.3) is 0 Å². The van der Waals surface area contributed by atoms with Gasteiger partial charge in [0.15, 0.2) is 0 Å². The lowest BCUT2D eigenvalue weighted by Gasteiger charge is -2.16. The van der Waals surface area contributed by atoms with Crippen molar-refractivity contribution in [2.24, 2.45) is 0 Å². The Morgan fingerprint density at radius 1 is 0.652 bits per heavy atom. The van der Waals surface area contributed by atoms with Gasteiger partial charge in [-0.2, -0.15) is 4.72 Å². The highest BCUT2D eigenvalue weighted by molar-refractivity contribution is 7.89. The van der Waals surface area contributed by atoms with Crippen LogP contribution < -0.4 is 4.72 Å². The van der Waals surface area contributed by atoms with E-state index in [1.54, 1.807) is 30.3 Å². The molecule has 0 spiro atoms. The molecule has 0 bridgehead atoms. The molecule has 0 amide bonds. The highest BCUT2D eigenvalue weighted by Crippen LogP contribution is 2.43. The van der Waals surface area contributed by atoms with Crippen molar-refractivity contribution in [3.05, 3.63) is 90.0 Å². The third kappa shape index (κ3) is 2.36. The molecule has 1 N–H and O–H groups in total. The summed E-state index contributed by atoms with van der Waals surface area (Å²) in [5.41, 5.74) is 4.16. The van der Waals surface area contributed by atoms with Crippen LogP contribution in [0.2, 0.25) is 0 Å². The zero-order chi connectivity index (χ0) is 15.9. The average molecular weight is 321 g/mol. The molecule has 1 aliphatic carbocycles. The van der Waals surface area contributed by atoms with Crippen LogP contribution in [0.15, 0.2) is 83.8 Å². The maximum atomic E-state index is 12.7. The second-order valence-corrected chi connectivity index (χ2v) is 7.26. The first-order valence-electron chi connectivity index (χ1n) is 7.42. The minimum Gasteiger partial charge on any atom is -0.207 e. The minimum atomic E-state index is -3.58. The molecule has 0 aromatic heterocycles. The molecule has 114 valence electrons. The molecule has 0 saturated carbocycles. The summed E-state index contributed by atoms with van der Waals surface area (Å²) in [4.78, 5) is 0.280. The van der Waals surface area contributed by atoms with Crippen LogP contribution in [-0.2, 0) is 10.0 Å². The van der Waals surface area contributed by atoms with E-state index in [4.69, 9.17) is 0 Å². The van der Waals surface area contributed by atoms with Gasteiger partial charge in [0.2, 0.25) is 10.0 Å². The molecule has 0 heterocycles. The van der Waals surface area contributed by atoms with Crippen molar-refractivity contribution >= 4 is 10.0 Å². The normalized spacial score (nSPS) is 13.6. The number of sulfonamides is 1. The standard InChI is InChI=1S/C19H15NO2S/c21-23(22,14-8-2-1-3-9-14)20-19-17-12-6-4-10-15(17)16-11-5-7-13-18(16)19/h1-13,19-20H. The van der Waals surface area contributed by atoms with Crippen LogP contribution in [0.3, 0.4) is 0 Å². The quantitative estimate of drug-likeness (QED) is 0.799. The summed E-state index contributed by atoms with van der Waals surface area (Å²) in [6, 6.07) is 24.0. The summed E-state index contributed by atoms with van der Waals surface area (Å²) in [6.07, 6.45) is 0. The third-order valence-electron chi connectivity index (χ3n) is 4.16. The van der Waals surface area contributed by atoms with Crippen molar-refractivity contribution < 1.29 is 8.42 Å². The van der Waals surface area contributed by atoms with E-state index in [0.29, 0.717) is 0 Å². The van der Waals surface area contributed by atoms with Gasteiger partial charge in [-0.3, -0.25) is 0 Å². The molecule has 0 atom stereocenters. The van der Waals surface area contributed by atoms with Crippen molar-refractivity contribution in [2.45, 2.75) is 10.9 Å². The third-order valence-corrected chi connectivity index (χ3v) is 5.60. The van der Waals surface area contributed by atoms with Crippen molar-refractivity contribution in [2.75, 3.05) is 0 Å². The van der Waals surface area contributed by atoms with E-state index in [1.807, 2.05) is 48.5 Å². The second kappa shape index (κ2) is 5.33. The summed E-state index contributed by atoms with van der Waals surface area (Å²) in [5, 5.41) is 0. The molecule has 3 aromatic carbocycles. The first kappa shape index (κ1) is 14.2. The van der Waals surface area contributed by atoms with Crippen molar-refractivity contribution in [1.82, 2.24) is 4.72 Å². The van der Waals surface area contributed by atoms with Crippen LogP contribution in [0.25, 0.3) is 11.1 Å². The van der Waals surface area contributed by atoms with Gasteiger partial charge < -0.3 is 0 Å². The first-order chi connectivity index (χ1) is 11.2. The highest BCUT2D eigenvalue weighted by Gasteiger charge is 2.31. The summed E-state index contributed by atoms with van der Waals surface area (Å²) in [7, 11) is -3.58. The number of nitrogens with one attached hydrogen (secondary N) is 1. The number of hydrogen-bond acceptors (Lipinski definition) is 2. The van der Waals surface area contributed by atoms with E-state index in [9.17, 15) is 8.42 Å².